The fourth-order valence-electron chi connectivity index (χ4n) is 3.96. The SMILES string of the molecule is COCCNC(=O)C(c1ccc(C)cc1)N(Cc1ccc(F)cc1)C(=O)Cn1nnc2ccccc21. The Kier molecular flexibility index (Phi) is 8.02. The van der Waals surface area contributed by atoms with Crippen molar-refractivity contribution in [2.75, 3.05) is 20.3 Å². The quantitative estimate of drug-likeness (QED) is 0.345. The van der Waals surface area contributed by atoms with Gasteiger partial charge >= 0.3 is 0 Å². The second-order valence-electron chi connectivity index (χ2n) is 8.48. The highest BCUT2D eigenvalue weighted by molar-refractivity contribution is 5.89. The van der Waals surface area contributed by atoms with Gasteiger partial charge in [-0.1, -0.05) is 59.3 Å². The van der Waals surface area contributed by atoms with Gasteiger partial charge < -0.3 is 15.0 Å². The van der Waals surface area contributed by atoms with Crippen LogP contribution in [0.4, 0.5) is 4.39 Å². The molecule has 2 amide bonds. The number of hydrogen-bond donors (Lipinski definition) is 1. The molecule has 4 aromatic rings. The zero-order chi connectivity index (χ0) is 25.5. The third-order valence-electron chi connectivity index (χ3n) is 5.85. The van der Waals surface area contributed by atoms with E-state index < -0.39 is 6.04 Å². The normalized spacial score (nSPS) is 11.9. The van der Waals surface area contributed by atoms with Gasteiger partial charge in [0.1, 0.15) is 23.9 Å². The molecule has 1 heterocycles. The lowest BCUT2D eigenvalue weighted by molar-refractivity contribution is -0.142. The number of aryl methyl sites for hydroxylation is 1. The largest absolute Gasteiger partial charge is 0.383 e. The lowest BCUT2D eigenvalue weighted by atomic mass is 10.0. The van der Waals surface area contributed by atoms with E-state index in [1.807, 2.05) is 55.5 Å². The molecular formula is C27H28FN5O3. The first-order valence-electron chi connectivity index (χ1n) is 11.6. The molecule has 3 aromatic carbocycles. The van der Waals surface area contributed by atoms with Gasteiger partial charge in [0.25, 0.3) is 0 Å². The van der Waals surface area contributed by atoms with Crippen LogP contribution in [0, 0.1) is 12.7 Å². The first-order valence-corrected chi connectivity index (χ1v) is 11.6. The van der Waals surface area contributed by atoms with Crippen molar-refractivity contribution in [3.05, 3.63) is 95.3 Å². The van der Waals surface area contributed by atoms with Crippen LogP contribution >= 0.6 is 0 Å². The van der Waals surface area contributed by atoms with Gasteiger partial charge in [0.15, 0.2) is 0 Å². The summed E-state index contributed by atoms with van der Waals surface area (Å²) >= 11 is 0. The topological polar surface area (TPSA) is 89.4 Å². The molecule has 0 bridgehead atoms. The number of benzene rings is 3. The number of ether oxygens (including phenoxy) is 1. The molecule has 1 aromatic heterocycles. The summed E-state index contributed by atoms with van der Waals surface area (Å²) in [7, 11) is 1.55. The van der Waals surface area contributed by atoms with E-state index >= 15 is 0 Å². The second-order valence-corrected chi connectivity index (χ2v) is 8.48. The van der Waals surface area contributed by atoms with Gasteiger partial charge in [0, 0.05) is 20.2 Å². The lowest BCUT2D eigenvalue weighted by Gasteiger charge is -2.31. The highest BCUT2D eigenvalue weighted by Crippen LogP contribution is 2.25. The van der Waals surface area contributed by atoms with Crippen molar-refractivity contribution in [1.82, 2.24) is 25.2 Å². The Hall–Kier alpha value is -4.11. The molecule has 4 rings (SSSR count). The third kappa shape index (κ3) is 5.92. The van der Waals surface area contributed by atoms with Gasteiger partial charge in [0.05, 0.1) is 12.1 Å². The number of rotatable bonds is 10. The van der Waals surface area contributed by atoms with Crippen LogP contribution in [-0.4, -0.2) is 52.0 Å². The zero-order valence-electron chi connectivity index (χ0n) is 20.2. The summed E-state index contributed by atoms with van der Waals surface area (Å²) in [6, 6.07) is 19.8. The molecule has 0 radical (unpaired) electrons. The van der Waals surface area contributed by atoms with Gasteiger partial charge in [-0.2, -0.15) is 0 Å². The van der Waals surface area contributed by atoms with Crippen molar-refractivity contribution >= 4 is 22.8 Å². The number of fused-ring (bicyclic) bond motifs is 1. The molecule has 8 nitrogen and oxygen atoms in total. The standard InChI is InChI=1S/C27H28FN5O3/c1-19-7-11-21(12-8-19)26(27(35)29-15-16-36-2)32(17-20-9-13-22(28)14-10-20)25(34)18-33-24-6-4-3-5-23(24)30-31-33/h3-14,26H,15-18H2,1-2H3,(H,29,35). The molecular weight excluding hydrogens is 461 g/mol. The smallest absolute Gasteiger partial charge is 0.247 e. The zero-order valence-corrected chi connectivity index (χ0v) is 20.2. The first-order chi connectivity index (χ1) is 17.5. The van der Waals surface area contributed by atoms with Crippen LogP contribution in [-0.2, 0) is 27.4 Å². The van der Waals surface area contributed by atoms with Crippen LogP contribution in [0.15, 0.2) is 72.8 Å². The fraction of sp³-hybridized carbons (Fsp3) is 0.259. The fourth-order valence-corrected chi connectivity index (χ4v) is 3.96. The van der Waals surface area contributed by atoms with E-state index in [9.17, 15) is 14.0 Å². The van der Waals surface area contributed by atoms with E-state index in [-0.39, 0.29) is 30.7 Å². The minimum Gasteiger partial charge on any atom is -0.383 e. The van der Waals surface area contributed by atoms with Crippen LogP contribution in [0.5, 0.6) is 0 Å². The summed E-state index contributed by atoms with van der Waals surface area (Å²) in [5, 5.41) is 11.1. The highest BCUT2D eigenvalue weighted by Gasteiger charge is 2.32. The number of halogens is 1. The molecule has 1 unspecified atom stereocenters. The number of nitrogens with zero attached hydrogens (tertiary/aromatic N) is 4. The van der Waals surface area contributed by atoms with Crippen LogP contribution < -0.4 is 5.32 Å². The molecule has 0 spiro atoms. The Morgan fingerprint density at radius 3 is 2.50 bits per heavy atom. The summed E-state index contributed by atoms with van der Waals surface area (Å²) in [4.78, 5) is 28.7. The average molecular weight is 490 g/mol. The van der Waals surface area contributed by atoms with E-state index in [0.717, 1.165) is 5.56 Å². The monoisotopic (exact) mass is 489 g/mol. The van der Waals surface area contributed by atoms with Crippen LogP contribution in [0.25, 0.3) is 11.0 Å². The van der Waals surface area contributed by atoms with Gasteiger partial charge in [-0.25, -0.2) is 9.07 Å². The van der Waals surface area contributed by atoms with Gasteiger partial charge in [0.2, 0.25) is 11.8 Å². The lowest BCUT2D eigenvalue weighted by Crippen LogP contribution is -2.45. The van der Waals surface area contributed by atoms with Crippen LogP contribution in [0.3, 0.4) is 0 Å². The second kappa shape index (κ2) is 11.5. The van der Waals surface area contributed by atoms with Crippen molar-refractivity contribution in [1.29, 1.82) is 0 Å². The number of hydrogen-bond acceptors (Lipinski definition) is 5. The number of carbonyl (C=O) groups excluding carboxylic acids is 2. The van der Waals surface area contributed by atoms with Crippen molar-refractivity contribution in [3.8, 4) is 0 Å². The van der Waals surface area contributed by atoms with E-state index in [1.165, 1.54) is 21.7 Å². The maximum atomic E-state index is 13.8. The molecule has 0 aliphatic heterocycles. The minimum atomic E-state index is -0.921. The Morgan fingerprint density at radius 2 is 1.78 bits per heavy atom. The number of carbonyl (C=O) groups is 2. The number of para-hydroxylation sites is 1. The van der Waals surface area contributed by atoms with Gasteiger partial charge in [-0.15, -0.1) is 5.10 Å². The number of aromatic nitrogens is 3. The molecule has 0 fully saturated rings. The van der Waals surface area contributed by atoms with Crippen molar-refractivity contribution < 1.29 is 18.7 Å². The van der Waals surface area contributed by atoms with Gasteiger partial charge in [-0.3, -0.25) is 9.59 Å². The van der Waals surface area contributed by atoms with E-state index in [4.69, 9.17) is 4.74 Å². The molecule has 0 aliphatic rings. The Morgan fingerprint density at radius 1 is 1.06 bits per heavy atom. The molecule has 0 saturated heterocycles. The highest BCUT2D eigenvalue weighted by atomic mass is 19.1. The predicted octanol–water partition coefficient (Wildman–Crippen LogP) is 3.41. The van der Waals surface area contributed by atoms with Crippen molar-refractivity contribution in [2.24, 2.45) is 0 Å². The summed E-state index contributed by atoms with van der Waals surface area (Å²) in [5.74, 6) is -1.05. The maximum Gasteiger partial charge on any atom is 0.247 e. The third-order valence-corrected chi connectivity index (χ3v) is 5.85. The maximum absolute atomic E-state index is 13.8. The Labute approximate surface area is 208 Å². The Balaban J connectivity index is 1.72. The molecule has 0 aliphatic carbocycles. The molecule has 186 valence electrons. The predicted molar refractivity (Wildman–Crippen MR) is 133 cm³/mol. The Bertz CT molecular complexity index is 1320. The minimum absolute atomic E-state index is 0.0992. The van der Waals surface area contributed by atoms with Crippen LogP contribution in [0.1, 0.15) is 22.7 Å². The average Bonchev–Trinajstić information content (AvgIpc) is 3.29. The summed E-state index contributed by atoms with van der Waals surface area (Å²) in [6.45, 7) is 2.57. The summed E-state index contributed by atoms with van der Waals surface area (Å²) in [6.07, 6.45) is 0. The summed E-state index contributed by atoms with van der Waals surface area (Å²) in [5.41, 5.74) is 3.76. The van der Waals surface area contributed by atoms with E-state index in [2.05, 4.69) is 15.6 Å². The molecule has 1 atom stereocenters. The van der Waals surface area contributed by atoms with Crippen molar-refractivity contribution in [3.63, 3.8) is 0 Å². The van der Waals surface area contributed by atoms with Crippen LogP contribution in [0.2, 0.25) is 0 Å². The number of nitrogens with one attached hydrogen (secondary N) is 1. The van der Waals surface area contributed by atoms with Crippen molar-refractivity contribution in [2.45, 2.75) is 26.1 Å². The molecule has 9 heteroatoms. The molecule has 36 heavy (non-hydrogen) atoms. The first kappa shape index (κ1) is 25.0. The van der Waals surface area contributed by atoms with Gasteiger partial charge in [-0.05, 0) is 42.3 Å². The number of amides is 2. The van der Waals surface area contributed by atoms with E-state index in [0.29, 0.717) is 35.3 Å². The van der Waals surface area contributed by atoms with E-state index in [1.54, 1.807) is 19.2 Å². The molecule has 0 saturated carbocycles. The number of methoxy groups -OCH3 is 1. The molecule has 1 N–H and O–H groups in total. The summed E-state index contributed by atoms with van der Waals surface area (Å²) < 4.78 is 20.2.